The van der Waals surface area contributed by atoms with Crippen LogP contribution in [-0.2, 0) is 4.79 Å². The standard InChI is InChI=1S/C15H22FN3O/c1-9-7-14(12(10(2)17)8-13(9)16)19-5-3-11(4-6-19)15(18)20/h7-8,10-11H,3-6,17H2,1-2H3,(H2,18,20). The Morgan fingerprint density at radius 3 is 2.50 bits per heavy atom. The van der Waals surface area contributed by atoms with Crippen molar-refractivity contribution < 1.29 is 9.18 Å². The maximum absolute atomic E-state index is 13.7. The molecule has 0 spiro atoms. The lowest BCUT2D eigenvalue weighted by Gasteiger charge is -2.34. The van der Waals surface area contributed by atoms with Gasteiger partial charge in [0.1, 0.15) is 5.82 Å². The second kappa shape index (κ2) is 5.79. The van der Waals surface area contributed by atoms with E-state index in [4.69, 9.17) is 11.5 Å². The zero-order valence-electron chi connectivity index (χ0n) is 12.0. The van der Waals surface area contributed by atoms with Crippen LogP contribution in [0.3, 0.4) is 0 Å². The summed E-state index contributed by atoms with van der Waals surface area (Å²) >= 11 is 0. The molecule has 1 amide bonds. The van der Waals surface area contributed by atoms with Crippen molar-refractivity contribution >= 4 is 11.6 Å². The van der Waals surface area contributed by atoms with Crippen LogP contribution >= 0.6 is 0 Å². The summed E-state index contributed by atoms with van der Waals surface area (Å²) in [7, 11) is 0. The zero-order valence-corrected chi connectivity index (χ0v) is 12.0. The van der Waals surface area contributed by atoms with Crippen molar-refractivity contribution in [1.82, 2.24) is 0 Å². The second-order valence-electron chi connectivity index (χ2n) is 5.61. The summed E-state index contributed by atoms with van der Waals surface area (Å²) in [6.45, 7) is 5.10. The maximum Gasteiger partial charge on any atom is 0.220 e. The molecule has 0 bridgehead atoms. The SMILES string of the molecule is Cc1cc(N2CCC(C(N)=O)CC2)c(C(C)N)cc1F. The van der Waals surface area contributed by atoms with E-state index in [9.17, 15) is 9.18 Å². The third-order valence-electron chi connectivity index (χ3n) is 4.04. The van der Waals surface area contributed by atoms with E-state index in [0.717, 1.165) is 37.2 Å². The number of primary amides is 1. The number of anilines is 1. The highest BCUT2D eigenvalue weighted by Gasteiger charge is 2.25. The third kappa shape index (κ3) is 2.93. The first-order chi connectivity index (χ1) is 9.40. The van der Waals surface area contributed by atoms with Crippen LogP contribution in [-0.4, -0.2) is 19.0 Å². The molecule has 4 N–H and O–H groups in total. The van der Waals surface area contributed by atoms with E-state index in [1.54, 1.807) is 6.92 Å². The van der Waals surface area contributed by atoms with E-state index in [2.05, 4.69) is 4.90 Å². The van der Waals surface area contributed by atoms with Gasteiger partial charge in [-0.25, -0.2) is 4.39 Å². The Hall–Kier alpha value is -1.62. The van der Waals surface area contributed by atoms with Crippen molar-refractivity contribution in [2.75, 3.05) is 18.0 Å². The largest absolute Gasteiger partial charge is 0.371 e. The number of rotatable bonds is 3. The minimum atomic E-state index is -0.229. The van der Waals surface area contributed by atoms with Gasteiger partial charge in [0.15, 0.2) is 0 Å². The highest BCUT2D eigenvalue weighted by Crippen LogP contribution is 2.31. The number of carbonyl (C=O) groups excluding carboxylic acids is 1. The summed E-state index contributed by atoms with van der Waals surface area (Å²) in [6, 6.07) is 3.14. The van der Waals surface area contributed by atoms with Crippen LogP contribution < -0.4 is 16.4 Å². The van der Waals surface area contributed by atoms with E-state index >= 15 is 0 Å². The molecule has 1 aliphatic rings. The number of benzene rings is 1. The number of aryl methyl sites for hydroxylation is 1. The van der Waals surface area contributed by atoms with Gasteiger partial charge in [0, 0.05) is 30.7 Å². The number of nitrogens with zero attached hydrogens (tertiary/aromatic N) is 1. The first-order valence-corrected chi connectivity index (χ1v) is 7.00. The van der Waals surface area contributed by atoms with Crippen molar-refractivity contribution in [2.45, 2.75) is 32.7 Å². The topological polar surface area (TPSA) is 72.3 Å². The molecule has 1 aliphatic heterocycles. The number of piperidine rings is 1. The number of hydrogen-bond acceptors (Lipinski definition) is 3. The number of carbonyl (C=O) groups is 1. The van der Waals surface area contributed by atoms with Gasteiger partial charge in [-0.05, 0) is 49.9 Å². The van der Waals surface area contributed by atoms with Crippen molar-refractivity contribution in [2.24, 2.45) is 17.4 Å². The molecule has 110 valence electrons. The monoisotopic (exact) mass is 279 g/mol. The predicted molar refractivity (Wildman–Crippen MR) is 77.9 cm³/mol. The molecule has 1 unspecified atom stereocenters. The lowest BCUT2D eigenvalue weighted by molar-refractivity contribution is -0.122. The molecule has 1 heterocycles. The van der Waals surface area contributed by atoms with Gasteiger partial charge in [-0.2, -0.15) is 0 Å². The molecule has 4 nitrogen and oxygen atoms in total. The molecule has 2 rings (SSSR count). The molecule has 5 heteroatoms. The van der Waals surface area contributed by atoms with Gasteiger partial charge in [0.25, 0.3) is 0 Å². The van der Waals surface area contributed by atoms with Gasteiger partial charge >= 0.3 is 0 Å². The minimum Gasteiger partial charge on any atom is -0.371 e. The summed E-state index contributed by atoms with van der Waals surface area (Å²) in [5, 5.41) is 0. The van der Waals surface area contributed by atoms with E-state index < -0.39 is 0 Å². The third-order valence-corrected chi connectivity index (χ3v) is 4.04. The fraction of sp³-hybridized carbons (Fsp3) is 0.533. The van der Waals surface area contributed by atoms with Crippen molar-refractivity contribution in [1.29, 1.82) is 0 Å². The summed E-state index contributed by atoms with van der Waals surface area (Å²) in [5.74, 6) is -0.507. The Kier molecular flexibility index (Phi) is 4.28. The van der Waals surface area contributed by atoms with Crippen LogP contribution in [0.1, 0.15) is 36.9 Å². The van der Waals surface area contributed by atoms with Crippen LogP contribution in [0.2, 0.25) is 0 Å². The smallest absolute Gasteiger partial charge is 0.220 e. The molecular weight excluding hydrogens is 257 g/mol. The van der Waals surface area contributed by atoms with Crippen LogP contribution in [0.15, 0.2) is 12.1 Å². The first kappa shape index (κ1) is 14.8. The summed E-state index contributed by atoms with van der Waals surface area (Å²) < 4.78 is 13.7. The molecule has 1 fully saturated rings. The van der Waals surface area contributed by atoms with Gasteiger partial charge in [0.05, 0.1) is 0 Å². The van der Waals surface area contributed by atoms with E-state index in [-0.39, 0.29) is 23.7 Å². The normalized spacial score (nSPS) is 18.1. The van der Waals surface area contributed by atoms with Gasteiger partial charge in [-0.15, -0.1) is 0 Å². The Morgan fingerprint density at radius 2 is 2.00 bits per heavy atom. The van der Waals surface area contributed by atoms with E-state index in [1.807, 2.05) is 13.0 Å². The number of hydrogen-bond donors (Lipinski definition) is 2. The van der Waals surface area contributed by atoms with E-state index in [1.165, 1.54) is 6.07 Å². The molecule has 1 atom stereocenters. The minimum absolute atomic E-state index is 0.0495. The van der Waals surface area contributed by atoms with Crippen molar-refractivity contribution in [3.05, 3.63) is 29.1 Å². The molecule has 0 saturated carbocycles. The fourth-order valence-electron chi connectivity index (χ4n) is 2.73. The highest BCUT2D eigenvalue weighted by atomic mass is 19.1. The number of amides is 1. The predicted octanol–water partition coefficient (Wildman–Crippen LogP) is 1.86. The van der Waals surface area contributed by atoms with Crippen LogP contribution in [0.4, 0.5) is 10.1 Å². The Morgan fingerprint density at radius 1 is 1.40 bits per heavy atom. The second-order valence-corrected chi connectivity index (χ2v) is 5.61. The van der Waals surface area contributed by atoms with Crippen LogP contribution in [0.25, 0.3) is 0 Å². The van der Waals surface area contributed by atoms with Gasteiger partial charge < -0.3 is 16.4 Å². The van der Waals surface area contributed by atoms with Gasteiger partial charge in [0.2, 0.25) is 5.91 Å². The van der Waals surface area contributed by atoms with Crippen molar-refractivity contribution in [3.8, 4) is 0 Å². The molecule has 1 aromatic rings. The van der Waals surface area contributed by atoms with Crippen LogP contribution in [0.5, 0.6) is 0 Å². The quantitative estimate of drug-likeness (QED) is 0.887. The molecule has 1 aromatic carbocycles. The Bertz CT molecular complexity index is 508. The van der Waals surface area contributed by atoms with Crippen LogP contribution in [0, 0.1) is 18.7 Å². The highest BCUT2D eigenvalue weighted by molar-refractivity contribution is 5.77. The first-order valence-electron chi connectivity index (χ1n) is 7.00. The molecule has 0 aromatic heterocycles. The summed E-state index contributed by atoms with van der Waals surface area (Å²) in [5.41, 5.74) is 13.7. The Labute approximate surface area is 118 Å². The number of nitrogens with two attached hydrogens (primary N) is 2. The van der Waals surface area contributed by atoms with Gasteiger partial charge in [-0.1, -0.05) is 0 Å². The summed E-state index contributed by atoms with van der Waals surface area (Å²) in [6.07, 6.45) is 1.48. The molecule has 20 heavy (non-hydrogen) atoms. The zero-order chi connectivity index (χ0) is 14.9. The van der Waals surface area contributed by atoms with Crippen molar-refractivity contribution in [3.63, 3.8) is 0 Å². The average molecular weight is 279 g/mol. The van der Waals surface area contributed by atoms with E-state index in [0.29, 0.717) is 5.56 Å². The number of halogens is 1. The molecule has 1 saturated heterocycles. The molecule has 0 radical (unpaired) electrons. The fourth-order valence-corrected chi connectivity index (χ4v) is 2.73. The lowest BCUT2D eigenvalue weighted by atomic mass is 9.94. The Balaban J connectivity index is 2.25. The maximum atomic E-state index is 13.7. The average Bonchev–Trinajstić information content (AvgIpc) is 2.41. The molecular formula is C15H22FN3O. The van der Waals surface area contributed by atoms with Gasteiger partial charge in [-0.3, -0.25) is 4.79 Å². The summed E-state index contributed by atoms with van der Waals surface area (Å²) in [4.78, 5) is 13.4. The lowest BCUT2D eigenvalue weighted by Crippen LogP contribution is -2.39. The molecule has 0 aliphatic carbocycles.